The van der Waals surface area contributed by atoms with Gasteiger partial charge in [0.25, 0.3) is 0 Å². The highest BCUT2D eigenvalue weighted by atomic mass is 16.2. The van der Waals surface area contributed by atoms with Crippen LogP contribution in [0.2, 0.25) is 0 Å². The summed E-state index contributed by atoms with van der Waals surface area (Å²) in [6, 6.07) is 6.37. The molecular weight excluding hydrogens is 344 g/mol. The van der Waals surface area contributed by atoms with Gasteiger partial charge in [0, 0.05) is 23.8 Å². The fraction of sp³-hybridized carbons (Fsp3) is 0.550. The predicted molar refractivity (Wildman–Crippen MR) is 106 cm³/mol. The summed E-state index contributed by atoms with van der Waals surface area (Å²) in [5, 5.41) is 11.2. The lowest BCUT2D eigenvalue weighted by molar-refractivity contribution is -0.127. The van der Waals surface area contributed by atoms with Crippen molar-refractivity contribution in [1.29, 1.82) is 0 Å². The minimum absolute atomic E-state index is 0.0341. The van der Waals surface area contributed by atoms with Gasteiger partial charge in [-0.2, -0.15) is 0 Å². The summed E-state index contributed by atoms with van der Waals surface area (Å²) < 4.78 is 0. The van der Waals surface area contributed by atoms with Gasteiger partial charge < -0.3 is 21.3 Å². The first-order chi connectivity index (χ1) is 12.7. The Morgan fingerprint density at radius 2 is 1.52 bits per heavy atom. The summed E-state index contributed by atoms with van der Waals surface area (Å²) in [6.45, 7) is 7.71. The number of amides is 4. The fourth-order valence-electron chi connectivity index (χ4n) is 2.58. The summed E-state index contributed by atoms with van der Waals surface area (Å²) >= 11 is 0. The second-order valence-electron chi connectivity index (χ2n) is 7.83. The van der Waals surface area contributed by atoms with Gasteiger partial charge >= 0.3 is 6.03 Å². The third kappa shape index (κ3) is 7.29. The van der Waals surface area contributed by atoms with Gasteiger partial charge in [0.05, 0.1) is 0 Å². The van der Waals surface area contributed by atoms with Crippen LogP contribution < -0.4 is 21.3 Å². The van der Waals surface area contributed by atoms with Crippen molar-refractivity contribution >= 4 is 29.2 Å². The Hall–Kier alpha value is -2.57. The Kier molecular flexibility index (Phi) is 7.21. The predicted octanol–water partition coefficient (Wildman–Crippen LogP) is 3.10. The largest absolute Gasteiger partial charge is 0.344 e. The number of rotatable bonds is 8. The molecule has 1 fully saturated rings. The molecule has 0 bridgehead atoms. The molecule has 1 atom stereocenters. The maximum absolute atomic E-state index is 12.6. The smallest absolute Gasteiger partial charge is 0.319 e. The van der Waals surface area contributed by atoms with Crippen LogP contribution in [-0.4, -0.2) is 29.9 Å². The van der Waals surface area contributed by atoms with E-state index in [0.717, 1.165) is 12.8 Å². The van der Waals surface area contributed by atoms with Crippen LogP contribution in [0, 0.1) is 11.8 Å². The zero-order valence-electron chi connectivity index (χ0n) is 16.5. The van der Waals surface area contributed by atoms with Gasteiger partial charge in [-0.15, -0.1) is 0 Å². The van der Waals surface area contributed by atoms with E-state index in [1.807, 2.05) is 27.7 Å². The van der Waals surface area contributed by atoms with Crippen molar-refractivity contribution in [3.63, 3.8) is 0 Å². The number of benzene rings is 1. The highest BCUT2D eigenvalue weighted by molar-refractivity contribution is 5.97. The van der Waals surface area contributed by atoms with Gasteiger partial charge in [-0.1, -0.05) is 27.7 Å². The second kappa shape index (κ2) is 9.39. The Labute approximate surface area is 160 Å². The summed E-state index contributed by atoms with van der Waals surface area (Å²) in [4.78, 5) is 36.3. The maximum atomic E-state index is 12.6. The topological polar surface area (TPSA) is 99.3 Å². The zero-order chi connectivity index (χ0) is 20.0. The third-order valence-corrected chi connectivity index (χ3v) is 4.18. The molecule has 0 unspecified atom stereocenters. The van der Waals surface area contributed by atoms with E-state index < -0.39 is 6.04 Å². The summed E-state index contributed by atoms with van der Waals surface area (Å²) in [5.41, 5.74) is 1.26. The van der Waals surface area contributed by atoms with E-state index >= 15 is 0 Å². The molecule has 0 saturated heterocycles. The first-order valence-electron chi connectivity index (χ1n) is 9.52. The standard InChI is InChI=1S/C20H30N4O3/c1-12(2)11-17(25)24-18(13(3)4)19(26)21-14-5-7-15(8-6-14)22-20(27)23-16-9-10-16/h5-8,12-13,16,18H,9-11H2,1-4H3,(H,21,26)(H,24,25)(H2,22,23,27)/t18-/m1/s1. The van der Waals surface area contributed by atoms with E-state index in [1.54, 1.807) is 24.3 Å². The average molecular weight is 374 g/mol. The minimum Gasteiger partial charge on any atom is -0.344 e. The number of nitrogens with one attached hydrogen (secondary N) is 4. The van der Waals surface area contributed by atoms with E-state index in [2.05, 4.69) is 21.3 Å². The third-order valence-electron chi connectivity index (χ3n) is 4.18. The van der Waals surface area contributed by atoms with Crippen molar-refractivity contribution in [3.8, 4) is 0 Å². The van der Waals surface area contributed by atoms with Crippen LogP contribution in [0.3, 0.4) is 0 Å². The lowest BCUT2D eigenvalue weighted by Gasteiger charge is -2.22. The zero-order valence-corrected chi connectivity index (χ0v) is 16.5. The number of carbonyl (C=O) groups excluding carboxylic acids is 3. The average Bonchev–Trinajstić information content (AvgIpc) is 3.37. The van der Waals surface area contributed by atoms with Crippen molar-refractivity contribution in [2.75, 3.05) is 10.6 Å². The van der Waals surface area contributed by atoms with Crippen LogP contribution >= 0.6 is 0 Å². The first kappa shape index (κ1) is 20.7. The fourth-order valence-corrected chi connectivity index (χ4v) is 2.58. The molecule has 1 aliphatic carbocycles. The number of hydrogen-bond acceptors (Lipinski definition) is 3. The summed E-state index contributed by atoms with van der Waals surface area (Å²) in [5.74, 6) is -0.180. The monoisotopic (exact) mass is 374 g/mol. The van der Waals surface area contributed by atoms with Crippen molar-refractivity contribution in [2.24, 2.45) is 11.8 Å². The molecular formula is C20H30N4O3. The van der Waals surface area contributed by atoms with Crippen LogP contribution in [0.15, 0.2) is 24.3 Å². The molecule has 7 heteroatoms. The Morgan fingerprint density at radius 1 is 0.963 bits per heavy atom. The van der Waals surface area contributed by atoms with Crippen molar-refractivity contribution in [2.45, 2.75) is 59.0 Å². The molecule has 0 aliphatic heterocycles. The number of anilines is 2. The number of hydrogen-bond donors (Lipinski definition) is 4. The highest BCUT2D eigenvalue weighted by Gasteiger charge is 2.25. The SMILES string of the molecule is CC(C)CC(=O)N[C@@H](C(=O)Nc1ccc(NC(=O)NC2CC2)cc1)C(C)C. The number of urea groups is 1. The summed E-state index contributed by atoms with van der Waals surface area (Å²) in [6.07, 6.45) is 2.45. The maximum Gasteiger partial charge on any atom is 0.319 e. The van der Waals surface area contributed by atoms with Gasteiger partial charge in [-0.3, -0.25) is 9.59 Å². The van der Waals surface area contributed by atoms with Gasteiger partial charge in [-0.05, 0) is 48.9 Å². The lowest BCUT2D eigenvalue weighted by atomic mass is 10.0. The number of carbonyl (C=O) groups is 3. The van der Waals surface area contributed by atoms with Crippen LogP contribution in [-0.2, 0) is 9.59 Å². The molecule has 7 nitrogen and oxygen atoms in total. The molecule has 27 heavy (non-hydrogen) atoms. The minimum atomic E-state index is -0.599. The molecule has 4 N–H and O–H groups in total. The van der Waals surface area contributed by atoms with Crippen molar-refractivity contribution in [1.82, 2.24) is 10.6 Å². The molecule has 1 aliphatic rings. The van der Waals surface area contributed by atoms with Crippen LogP contribution in [0.5, 0.6) is 0 Å². The van der Waals surface area contributed by atoms with Crippen LogP contribution in [0.1, 0.15) is 47.0 Å². The quantitative estimate of drug-likeness (QED) is 0.563. The molecule has 0 spiro atoms. The van der Waals surface area contributed by atoms with E-state index in [9.17, 15) is 14.4 Å². The molecule has 148 valence electrons. The van der Waals surface area contributed by atoms with Gasteiger partial charge in [0.15, 0.2) is 0 Å². The van der Waals surface area contributed by atoms with E-state index in [4.69, 9.17) is 0 Å². The normalized spacial score (nSPS) is 14.6. The van der Waals surface area contributed by atoms with E-state index in [0.29, 0.717) is 23.8 Å². The van der Waals surface area contributed by atoms with Gasteiger partial charge in [0.2, 0.25) is 11.8 Å². The molecule has 0 aromatic heterocycles. The van der Waals surface area contributed by atoms with E-state index in [1.165, 1.54) is 0 Å². The van der Waals surface area contributed by atoms with Gasteiger partial charge in [-0.25, -0.2) is 4.79 Å². The van der Waals surface area contributed by atoms with E-state index in [-0.39, 0.29) is 29.7 Å². The highest BCUT2D eigenvalue weighted by Crippen LogP contribution is 2.19. The van der Waals surface area contributed by atoms with Crippen LogP contribution in [0.4, 0.5) is 16.2 Å². The second-order valence-corrected chi connectivity index (χ2v) is 7.83. The van der Waals surface area contributed by atoms with Gasteiger partial charge in [0.1, 0.15) is 6.04 Å². The molecule has 1 saturated carbocycles. The van der Waals surface area contributed by atoms with Crippen LogP contribution in [0.25, 0.3) is 0 Å². The Bertz CT molecular complexity index is 666. The Balaban J connectivity index is 1.89. The first-order valence-corrected chi connectivity index (χ1v) is 9.52. The van der Waals surface area contributed by atoms with Crippen molar-refractivity contribution < 1.29 is 14.4 Å². The lowest BCUT2D eigenvalue weighted by Crippen LogP contribution is -2.47. The molecule has 1 aromatic carbocycles. The summed E-state index contributed by atoms with van der Waals surface area (Å²) in [7, 11) is 0. The molecule has 4 amide bonds. The molecule has 0 heterocycles. The Morgan fingerprint density at radius 3 is 2.00 bits per heavy atom. The molecule has 1 aromatic rings. The van der Waals surface area contributed by atoms with Crippen molar-refractivity contribution in [3.05, 3.63) is 24.3 Å². The molecule has 0 radical (unpaired) electrons. The molecule has 2 rings (SSSR count).